The molecular formula is C16H17N3O2. The van der Waals surface area contributed by atoms with E-state index in [-0.39, 0.29) is 11.9 Å². The highest BCUT2D eigenvalue weighted by atomic mass is 16.5. The van der Waals surface area contributed by atoms with Crippen LogP contribution in [0.25, 0.3) is 0 Å². The second kappa shape index (κ2) is 5.36. The van der Waals surface area contributed by atoms with E-state index in [0.717, 1.165) is 17.0 Å². The van der Waals surface area contributed by atoms with Crippen molar-refractivity contribution in [1.29, 1.82) is 0 Å². The minimum absolute atomic E-state index is 0.0310. The maximum atomic E-state index is 11.7. The van der Waals surface area contributed by atoms with Crippen LogP contribution in [0.2, 0.25) is 0 Å². The number of rotatable bonds is 3. The molecule has 21 heavy (non-hydrogen) atoms. The predicted octanol–water partition coefficient (Wildman–Crippen LogP) is 2.17. The van der Waals surface area contributed by atoms with Crippen molar-refractivity contribution < 1.29 is 9.53 Å². The zero-order valence-electron chi connectivity index (χ0n) is 11.7. The first-order valence-corrected chi connectivity index (χ1v) is 6.79. The Kier molecular flexibility index (Phi) is 3.39. The van der Waals surface area contributed by atoms with Gasteiger partial charge in [-0.1, -0.05) is 18.2 Å². The molecule has 0 spiro atoms. The third kappa shape index (κ3) is 2.50. The number of nitrogen functional groups attached to an aromatic ring is 1. The normalized spacial score (nSPS) is 16.0. The summed E-state index contributed by atoms with van der Waals surface area (Å²) in [6.45, 7) is 0.545. The number of nitrogens with one attached hydrogen (secondary N) is 2. The molecular weight excluding hydrogens is 266 g/mol. The first-order chi connectivity index (χ1) is 10.2. The number of ether oxygens (including phenoxy) is 1. The summed E-state index contributed by atoms with van der Waals surface area (Å²) < 4.78 is 5.64. The van der Waals surface area contributed by atoms with Gasteiger partial charge in [0, 0.05) is 18.2 Å². The maximum Gasteiger partial charge on any atom is 0.251 e. The van der Waals surface area contributed by atoms with Gasteiger partial charge in [-0.15, -0.1) is 0 Å². The van der Waals surface area contributed by atoms with E-state index in [2.05, 4.69) is 10.6 Å². The van der Waals surface area contributed by atoms with Gasteiger partial charge in [-0.3, -0.25) is 4.79 Å². The molecule has 0 bridgehead atoms. The number of hydrogen-bond donors (Lipinski definition) is 3. The Labute approximate surface area is 123 Å². The van der Waals surface area contributed by atoms with Crippen molar-refractivity contribution in [3.8, 4) is 5.75 Å². The largest absolute Gasteiger partial charge is 0.491 e. The molecule has 0 fully saturated rings. The van der Waals surface area contributed by atoms with E-state index in [0.29, 0.717) is 17.9 Å². The van der Waals surface area contributed by atoms with Crippen LogP contribution in [0.15, 0.2) is 42.5 Å². The molecule has 0 saturated heterocycles. The predicted molar refractivity (Wildman–Crippen MR) is 82.5 cm³/mol. The van der Waals surface area contributed by atoms with E-state index in [4.69, 9.17) is 10.5 Å². The van der Waals surface area contributed by atoms with Crippen LogP contribution in [-0.2, 0) is 0 Å². The van der Waals surface area contributed by atoms with Gasteiger partial charge < -0.3 is 21.1 Å². The lowest BCUT2D eigenvalue weighted by Crippen LogP contribution is -2.19. The number of para-hydroxylation sites is 1. The Hall–Kier alpha value is -2.69. The molecule has 0 saturated carbocycles. The SMILES string of the molecule is CNC(=O)c1ccc(N)c(NC2COc3ccccc32)c1. The Morgan fingerprint density at radius 1 is 1.29 bits per heavy atom. The molecule has 4 N–H and O–H groups in total. The molecule has 1 amide bonds. The van der Waals surface area contributed by atoms with Gasteiger partial charge in [0.15, 0.2) is 0 Å². The summed E-state index contributed by atoms with van der Waals surface area (Å²) in [7, 11) is 1.60. The van der Waals surface area contributed by atoms with Crippen molar-refractivity contribution >= 4 is 17.3 Å². The lowest BCUT2D eigenvalue weighted by Gasteiger charge is -2.16. The minimum atomic E-state index is -0.138. The van der Waals surface area contributed by atoms with Crippen LogP contribution >= 0.6 is 0 Å². The first-order valence-electron chi connectivity index (χ1n) is 6.79. The van der Waals surface area contributed by atoms with Crippen molar-refractivity contribution in [1.82, 2.24) is 5.32 Å². The van der Waals surface area contributed by atoms with Crippen LogP contribution in [0.5, 0.6) is 5.75 Å². The van der Waals surface area contributed by atoms with Crippen molar-refractivity contribution in [2.45, 2.75) is 6.04 Å². The Balaban J connectivity index is 1.87. The van der Waals surface area contributed by atoms with Gasteiger partial charge in [0.25, 0.3) is 5.91 Å². The van der Waals surface area contributed by atoms with Gasteiger partial charge in [0.1, 0.15) is 12.4 Å². The van der Waals surface area contributed by atoms with E-state index in [1.807, 2.05) is 24.3 Å². The Morgan fingerprint density at radius 2 is 2.10 bits per heavy atom. The summed E-state index contributed by atoms with van der Waals surface area (Å²) in [4.78, 5) is 11.7. The van der Waals surface area contributed by atoms with Crippen molar-refractivity contribution in [3.63, 3.8) is 0 Å². The molecule has 1 unspecified atom stereocenters. The average molecular weight is 283 g/mol. The molecule has 1 aliphatic heterocycles. The number of nitrogens with two attached hydrogens (primary N) is 1. The molecule has 3 rings (SSSR count). The summed E-state index contributed by atoms with van der Waals surface area (Å²) in [5.74, 6) is 0.747. The quantitative estimate of drug-likeness (QED) is 0.755. The number of amides is 1. The maximum absolute atomic E-state index is 11.7. The summed E-state index contributed by atoms with van der Waals surface area (Å²) in [5.41, 5.74) is 9.01. The zero-order chi connectivity index (χ0) is 14.8. The number of anilines is 2. The molecule has 0 aliphatic carbocycles. The molecule has 2 aromatic carbocycles. The van der Waals surface area contributed by atoms with Crippen molar-refractivity contribution in [2.75, 3.05) is 24.7 Å². The van der Waals surface area contributed by atoms with E-state index >= 15 is 0 Å². The van der Waals surface area contributed by atoms with Crippen LogP contribution in [-0.4, -0.2) is 19.6 Å². The van der Waals surface area contributed by atoms with Gasteiger partial charge in [-0.05, 0) is 24.3 Å². The number of carbonyl (C=O) groups excluding carboxylic acids is 1. The third-order valence-corrected chi connectivity index (χ3v) is 3.57. The Bertz CT molecular complexity index is 685. The molecule has 0 aromatic heterocycles. The van der Waals surface area contributed by atoms with E-state index in [1.54, 1.807) is 25.2 Å². The fourth-order valence-electron chi connectivity index (χ4n) is 2.44. The summed E-state index contributed by atoms with van der Waals surface area (Å²) in [6, 6.07) is 13.1. The smallest absolute Gasteiger partial charge is 0.251 e. The van der Waals surface area contributed by atoms with Gasteiger partial charge in [0.05, 0.1) is 17.4 Å². The van der Waals surface area contributed by atoms with Crippen LogP contribution in [0.4, 0.5) is 11.4 Å². The molecule has 5 nitrogen and oxygen atoms in total. The number of hydrogen-bond acceptors (Lipinski definition) is 4. The molecule has 0 radical (unpaired) electrons. The van der Waals surface area contributed by atoms with E-state index in [9.17, 15) is 4.79 Å². The lowest BCUT2D eigenvalue weighted by atomic mass is 10.1. The van der Waals surface area contributed by atoms with Gasteiger partial charge >= 0.3 is 0 Å². The van der Waals surface area contributed by atoms with Gasteiger partial charge in [-0.25, -0.2) is 0 Å². The fraction of sp³-hybridized carbons (Fsp3) is 0.188. The second-order valence-corrected chi connectivity index (χ2v) is 4.93. The summed E-state index contributed by atoms with van der Waals surface area (Å²) in [6.07, 6.45) is 0. The van der Waals surface area contributed by atoms with E-state index in [1.165, 1.54) is 0 Å². The second-order valence-electron chi connectivity index (χ2n) is 4.93. The minimum Gasteiger partial charge on any atom is -0.491 e. The van der Waals surface area contributed by atoms with Crippen LogP contribution in [0.1, 0.15) is 22.0 Å². The highest BCUT2D eigenvalue weighted by Crippen LogP contribution is 2.35. The first kappa shape index (κ1) is 13.3. The third-order valence-electron chi connectivity index (χ3n) is 3.57. The monoisotopic (exact) mass is 283 g/mol. The number of fused-ring (bicyclic) bond motifs is 1. The number of carbonyl (C=O) groups is 1. The molecule has 1 atom stereocenters. The van der Waals surface area contributed by atoms with Gasteiger partial charge in [-0.2, -0.15) is 0 Å². The van der Waals surface area contributed by atoms with Crippen molar-refractivity contribution in [2.24, 2.45) is 0 Å². The highest BCUT2D eigenvalue weighted by molar-refractivity contribution is 5.96. The highest BCUT2D eigenvalue weighted by Gasteiger charge is 2.24. The van der Waals surface area contributed by atoms with Crippen molar-refractivity contribution in [3.05, 3.63) is 53.6 Å². The Morgan fingerprint density at radius 3 is 2.90 bits per heavy atom. The molecule has 1 aliphatic rings. The summed E-state index contributed by atoms with van der Waals surface area (Å²) in [5, 5.41) is 5.96. The molecule has 5 heteroatoms. The lowest BCUT2D eigenvalue weighted by molar-refractivity contribution is 0.0963. The molecule has 108 valence electrons. The van der Waals surface area contributed by atoms with Gasteiger partial charge in [0.2, 0.25) is 0 Å². The standard InChI is InChI=1S/C16H17N3O2/c1-18-16(20)10-6-7-12(17)13(8-10)19-14-9-21-15-5-3-2-4-11(14)15/h2-8,14,19H,9,17H2,1H3,(H,18,20). The van der Waals surface area contributed by atoms with E-state index < -0.39 is 0 Å². The fourth-order valence-corrected chi connectivity index (χ4v) is 2.44. The topological polar surface area (TPSA) is 76.4 Å². The summed E-state index contributed by atoms with van der Waals surface area (Å²) >= 11 is 0. The van der Waals surface area contributed by atoms with Crippen LogP contribution in [0.3, 0.4) is 0 Å². The average Bonchev–Trinajstić information content (AvgIpc) is 2.92. The van der Waals surface area contributed by atoms with Crippen LogP contribution in [0, 0.1) is 0 Å². The zero-order valence-corrected chi connectivity index (χ0v) is 11.7. The molecule has 1 heterocycles. The van der Waals surface area contributed by atoms with Crippen LogP contribution < -0.4 is 21.1 Å². The molecule has 2 aromatic rings. The number of benzene rings is 2.